The molecule has 1 amide bonds. The Morgan fingerprint density at radius 1 is 0.513 bits per heavy atom. The molecule has 0 aromatic heterocycles. The van der Waals surface area contributed by atoms with Crippen molar-refractivity contribution >= 4 is 5.91 Å². The van der Waals surface area contributed by atoms with Crippen LogP contribution in [0.4, 0.5) is 0 Å². The maximum Gasteiger partial charge on any atom is 0.249 e. The van der Waals surface area contributed by atoms with E-state index < -0.39 is 24.2 Å². The van der Waals surface area contributed by atoms with Crippen LogP contribution in [-0.4, -0.2) is 46.1 Å². The number of carbonyl (C=O) groups excluding carboxylic acids is 1. The molecule has 5 heteroatoms. The van der Waals surface area contributed by atoms with Crippen molar-refractivity contribution in [2.24, 2.45) is 0 Å². The van der Waals surface area contributed by atoms with E-state index in [2.05, 4.69) is 19.2 Å². The van der Waals surface area contributed by atoms with E-state index in [4.69, 9.17) is 0 Å². The number of hydrogen-bond donors (Lipinski definition) is 4. The minimum Gasteiger partial charge on any atom is -0.394 e. The molecule has 0 rings (SSSR count). The highest BCUT2D eigenvalue weighted by Gasteiger charge is 2.23. The van der Waals surface area contributed by atoms with Crippen molar-refractivity contribution in [1.82, 2.24) is 5.32 Å². The third-order valence-electron chi connectivity index (χ3n) is 8.23. The highest BCUT2D eigenvalue weighted by molar-refractivity contribution is 5.80. The van der Waals surface area contributed by atoms with Gasteiger partial charge in [-0.25, -0.2) is 0 Å². The van der Waals surface area contributed by atoms with Gasteiger partial charge in [0.1, 0.15) is 6.10 Å². The van der Waals surface area contributed by atoms with Gasteiger partial charge in [-0.3, -0.25) is 4.79 Å². The topological polar surface area (TPSA) is 89.8 Å². The standard InChI is InChI=1S/C34H69NO4/c1-3-5-7-9-11-13-15-17-19-21-23-25-27-29-33(38)34(39)35-31(30-36)32(37)28-26-24-22-20-18-16-14-12-10-8-6-4-2/h31-33,36-38H,3-30H2,1-2H3,(H,35,39). The lowest BCUT2D eigenvalue weighted by Crippen LogP contribution is -2.49. The number of aliphatic hydroxyl groups is 3. The first-order chi connectivity index (χ1) is 19.1. The molecule has 4 N–H and O–H groups in total. The molecule has 234 valence electrons. The Kier molecular flexibility index (Phi) is 29.8. The largest absolute Gasteiger partial charge is 0.394 e. The van der Waals surface area contributed by atoms with Crippen LogP contribution in [-0.2, 0) is 4.79 Å². The summed E-state index contributed by atoms with van der Waals surface area (Å²) in [6.45, 7) is 4.21. The van der Waals surface area contributed by atoms with E-state index in [1.165, 1.54) is 128 Å². The van der Waals surface area contributed by atoms with Gasteiger partial charge in [-0.2, -0.15) is 0 Å². The second kappa shape index (κ2) is 30.3. The maximum atomic E-state index is 12.4. The molecule has 0 radical (unpaired) electrons. The van der Waals surface area contributed by atoms with Gasteiger partial charge in [0, 0.05) is 0 Å². The number of carbonyl (C=O) groups is 1. The van der Waals surface area contributed by atoms with E-state index in [0.29, 0.717) is 12.8 Å². The lowest BCUT2D eigenvalue weighted by Gasteiger charge is -2.23. The summed E-state index contributed by atoms with van der Waals surface area (Å²) in [6.07, 6.45) is 30.8. The van der Waals surface area contributed by atoms with Crippen molar-refractivity contribution in [2.75, 3.05) is 6.61 Å². The second-order valence-corrected chi connectivity index (χ2v) is 12.1. The van der Waals surface area contributed by atoms with Crippen LogP contribution in [0, 0.1) is 0 Å². The number of unbranched alkanes of at least 4 members (excludes halogenated alkanes) is 23. The van der Waals surface area contributed by atoms with Gasteiger partial charge in [0.05, 0.1) is 18.8 Å². The van der Waals surface area contributed by atoms with E-state index in [9.17, 15) is 20.1 Å². The monoisotopic (exact) mass is 556 g/mol. The molecule has 0 aliphatic heterocycles. The first-order valence-electron chi connectivity index (χ1n) is 17.3. The summed E-state index contributed by atoms with van der Waals surface area (Å²) in [7, 11) is 0. The summed E-state index contributed by atoms with van der Waals surface area (Å²) in [5.74, 6) is -0.471. The zero-order chi connectivity index (χ0) is 28.8. The van der Waals surface area contributed by atoms with Crippen LogP contribution in [0.5, 0.6) is 0 Å². The Morgan fingerprint density at radius 2 is 0.821 bits per heavy atom. The average Bonchev–Trinajstić information content (AvgIpc) is 2.94. The quantitative estimate of drug-likeness (QED) is 0.0644. The van der Waals surface area contributed by atoms with Crippen molar-refractivity contribution in [3.05, 3.63) is 0 Å². The zero-order valence-corrected chi connectivity index (χ0v) is 26.3. The van der Waals surface area contributed by atoms with Gasteiger partial charge in [0.2, 0.25) is 5.91 Å². The molecule has 3 atom stereocenters. The Hall–Kier alpha value is -0.650. The smallest absolute Gasteiger partial charge is 0.249 e. The first-order valence-corrected chi connectivity index (χ1v) is 17.3. The SMILES string of the molecule is CCCCCCCCCCCCCCCC(O)C(=O)NC(CO)C(O)CCCCCCCCCCCCCC. The molecule has 0 heterocycles. The third kappa shape index (κ3) is 26.0. The fraction of sp³-hybridized carbons (Fsp3) is 0.971. The molecule has 0 saturated carbocycles. The Balaban J connectivity index is 3.69. The number of hydrogen-bond acceptors (Lipinski definition) is 4. The summed E-state index contributed by atoms with van der Waals surface area (Å²) >= 11 is 0. The van der Waals surface area contributed by atoms with Gasteiger partial charge >= 0.3 is 0 Å². The maximum absolute atomic E-state index is 12.4. The van der Waals surface area contributed by atoms with Gasteiger partial charge in [0.25, 0.3) is 0 Å². The molecule has 3 unspecified atom stereocenters. The van der Waals surface area contributed by atoms with Crippen molar-refractivity contribution in [2.45, 2.75) is 205 Å². The Morgan fingerprint density at radius 3 is 1.15 bits per heavy atom. The molecule has 0 aromatic carbocycles. The molecule has 0 bridgehead atoms. The molecular formula is C34H69NO4. The molecule has 0 fully saturated rings. The molecular weight excluding hydrogens is 486 g/mol. The van der Waals surface area contributed by atoms with Crippen molar-refractivity contribution in [3.8, 4) is 0 Å². The summed E-state index contributed by atoms with van der Waals surface area (Å²) in [6, 6.07) is -0.702. The van der Waals surface area contributed by atoms with E-state index in [1.54, 1.807) is 0 Å². The minimum atomic E-state index is -1.06. The third-order valence-corrected chi connectivity index (χ3v) is 8.23. The van der Waals surface area contributed by atoms with Crippen LogP contribution in [0.15, 0.2) is 0 Å². The highest BCUT2D eigenvalue weighted by Crippen LogP contribution is 2.15. The van der Waals surface area contributed by atoms with E-state index in [-0.39, 0.29) is 6.61 Å². The van der Waals surface area contributed by atoms with Crippen LogP contribution in [0.1, 0.15) is 187 Å². The zero-order valence-electron chi connectivity index (χ0n) is 26.3. The number of aliphatic hydroxyl groups excluding tert-OH is 3. The van der Waals surface area contributed by atoms with E-state index >= 15 is 0 Å². The Labute approximate surface area is 243 Å². The number of nitrogens with one attached hydrogen (secondary N) is 1. The van der Waals surface area contributed by atoms with Gasteiger partial charge in [-0.05, 0) is 12.8 Å². The van der Waals surface area contributed by atoms with Gasteiger partial charge in [-0.1, -0.05) is 174 Å². The summed E-state index contributed by atoms with van der Waals surface area (Å²) < 4.78 is 0. The molecule has 5 nitrogen and oxygen atoms in total. The predicted octanol–water partition coefficient (Wildman–Crippen LogP) is 8.76. The molecule has 0 spiro atoms. The molecule has 0 aliphatic rings. The number of amides is 1. The highest BCUT2D eigenvalue weighted by atomic mass is 16.3. The lowest BCUT2D eigenvalue weighted by atomic mass is 10.0. The molecule has 0 saturated heterocycles. The second-order valence-electron chi connectivity index (χ2n) is 12.1. The Bertz CT molecular complexity index is 502. The van der Waals surface area contributed by atoms with E-state index in [1.807, 2.05) is 0 Å². The minimum absolute atomic E-state index is 0.309. The molecule has 0 aromatic rings. The van der Waals surface area contributed by atoms with E-state index in [0.717, 1.165) is 32.1 Å². The van der Waals surface area contributed by atoms with Crippen LogP contribution < -0.4 is 5.32 Å². The van der Waals surface area contributed by atoms with Crippen molar-refractivity contribution < 1.29 is 20.1 Å². The van der Waals surface area contributed by atoms with Crippen LogP contribution >= 0.6 is 0 Å². The summed E-state index contributed by atoms with van der Waals surface area (Å²) in [5.41, 5.74) is 0. The van der Waals surface area contributed by atoms with Crippen LogP contribution in [0.3, 0.4) is 0 Å². The fourth-order valence-corrected chi connectivity index (χ4v) is 5.42. The number of rotatable bonds is 31. The lowest BCUT2D eigenvalue weighted by molar-refractivity contribution is -0.131. The van der Waals surface area contributed by atoms with Crippen molar-refractivity contribution in [3.63, 3.8) is 0 Å². The molecule has 39 heavy (non-hydrogen) atoms. The van der Waals surface area contributed by atoms with Gasteiger partial charge in [-0.15, -0.1) is 0 Å². The van der Waals surface area contributed by atoms with Crippen molar-refractivity contribution in [1.29, 1.82) is 0 Å². The first kappa shape index (κ1) is 38.4. The van der Waals surface area contributed by atoms with Gasteiger partial charge < -0.3 is 20.6 Å². The summed E-state index contributed by atoms with van der Waals surface area (Å²) in [5, 5.41) is 33.0. The summed E-state index contributed by atoms with van der Waals surface area (Å²) in [4.78, 5) is 12.4. The van der Waals surface area contributed by atoms with Gasteiger partial charge in [0.15, 0.2) is 0 Å². The fourth-order valence-electron chi connectivity index (χ4n) is 5.42. The predicted molar refractivity (Wildman–Crippen MR) is 167 cm³/mol. The van der Waals surface area contributed by atoms with Crippen LogP contribution in [0.2, 0.25) is 0 Å². The average molecular weight is 556 g/mol. The van der Waals surface area contributed by atoms with Crippen LogP contribution in [0.25, 0.3) is 0 Å². The molecule has 0 aliphatic carbocycles. The normalized spacial score (nSPS) is 13.9.